The van der Waals surface area contributed by atoms with Gasteiger partial charge in [0.1, 0.15) is 0 Å². The van der Waals surface area contributed by atoms with Crippen molar-refractivity contribution in [3.63, 3.8) is 0 Å². The predicted molar refractivity (Wildman–Crippen MR) is 93.3 cm³/mol. The highest BCUT2D eigenvalue weighted by atomic mass is 28.4. The van der Waals surface area contributed by atoms with E-state index in [2.05, 4.69) is 33.9 Å². The number of hydrogen-bond acceptors (Lipinski definition) is 4. The fourth-order valence-electron chi connectivity index (χ4n) is 1.49. The molecule has 0 amide bonds. The first kappa shape index (κ1) is 21.1. The first-order valence-corrected chi connectivity index (χ1v) is 10.8. The Bertz CT molecular complexity index is 392. The molecular weight excluding hydrogens is 296 g/mol. The summed E-state index contributed by atoms with van der Waals surface area (Å²) in [6.45, 7) is 13.8. The van der Waals surface area contributed by atoms with Gasteiger partial charge < -0.3 is 14.3 Å². The van der Waals surface area contributed by atoms with Crippen LogP contribution in [0.1, 0.15) is 40.5 Å². The van der Waals surface area contributed by atoms with Crippen molar-refractivity contribution in [2.75, 3.05) is 19.8 Å². The molecule has 128 valence electrons. The van der Waals surface area contributed by atoms with Gasteiger partial charge in [-0.3, -0.25) is 0 Å². The molecule has 22 heavy (non-hydrogen) atoms. The maximum atomic E-state index is 11.6. The van der Waals surface area contributed by atoms with Crippen LogP contribution in [0.25, 0.3) is 0 Å². The summed E-state index contributed by atoms with van der Waals surface area (Å²) < 4.78 is 11.0. The zero-order valence-electron chi connectivity index (χ0n) is 14.9. The van der Waals surface area contributed by atoms with Gasteiger partial charge in [-0.15, -0.1) is 0 Å². The van der Waals surface area contributed by atoms with Crippen molar-refractivity contribution in [2.24, 2.45) is 0 Å². The smallest absolute Gasteiger partial charge is 0.337 e. The van der Waals surface area contributed by atoms with Gasteiger partial charge in [0.05, 0.1) is 18.8 Å². The Balaban J connectivity index is 4.23. The number of aliphatic hydroxyl groups excluding tert-OH is 1. The normalized spacial score (nSPS) is 13.7. The molecule has 0 atom stereocenters. The largest absolute Gasteiger partial charge is 0.462 e. The molecule has 5 heteroatoms. The molecule has 0 saturated carbocycles. The molecule has 4 nitrogen and oxygen atoms in total. The van der Waals surface area contributed by atoms with Gasteiger partial charge in [-0.1, -0.05) is 32.9 Å². The van der Waals surface area contributed by atoms with Gasteiger partial charge in [0.2, 0.25) is 0 Å². The van der Waals surface area contributed by atoms with Crippen molar-refractivity contribution in [1.29, 1.82) is 0 Å². The summed E-state index contributed by atoms with van der Waals surface area (Å²) in [5.74, 6) is -0.398. The van der Waals surface area contributed by atoms with Crippen LogP contribution in [-0.4, -0.2) is 39.2 Å². The summed E-state index contributed by atoms with van der Waals surface area (Å²) in [5.41, 5.74) is 0.398. The van der Waals surface area contributed by atoms with E-state index in [0.717, 1.165) is 19.4 Å². The topological polar surface area (TPSA) is 55.8 Å². The van der Waals surface area contributed by atoms with Crippen LogP contribution in [0.5, 0.6) is 0 Å². The Kier molecular flexibility index (Phi) is 9.56. The van der Waals surface area contributed by atoms with Gasteiger partial charge in [0, 0.05) is 6.61 Å². The average Bonchev–Trinajstić information content (AvgIpc) is 2.40. The number of carbonyl (C=O) groups excluding carboxylic acids is 1. The molecule has 0 aromatic heterocycles. The van der Waals surface area contributed by atoms with Crippen LogP contribution in [0, 0.1) is 0 Å². The molecule has 0 aliphatic rings. The van der Waals surface area contributed by atoms with Crippen LogP contribution in [0.3, 0.4) is 0 Å². The van der Waals surface area contributed by atoms with E-state index >= 15 is 0 Å². The Morgan fingerprint density at radius 3 is 2.41 bits per heavy atom. The Hall–Kier alpha value is -0.913. The number of aliphatic hydroxyl groups is 1. The third kappa shape index (κ3) is 7.92. The summed E-state index contributed by atoms with van der Waals surface area (Å²) in [5, 5.41) is 9.15. The minimum Gasteiger partial charge on any atom is -0.462 e. The van der Waals surface area contributed by atoms with E-state index in [1.54, 1.807) is 13.0 Å². The summed E-state index contributed by atoms with van der Waals surface area (Å²) in [6.07, 6.45) is 6.84. The van der Waals surface area contributed by atoms with Crippen LogP contribution >= 0.6 is 0 Å². The Morgan fingerprint density at radius 2 is 1.91 bits per heavy atom. The van der Waals surface area contributed by atoms with E-state index in [1.165, 1.54) is 6.08 Å². The molecule has 0 rings (SSSR count). The maximum Gasteiger partial charge on any atom is 0.337 e. The second-order valence-corrected chi connectivity index (χ2v) is 11.5. The zero-order chi connectivity index (χ0) is 17.2. The number of allylic oxidation sites excluding steroid dienone is 1. The second kappa shape index (κ2) is 9.97. The predicted octanol–water partition coefficient (Wildman–Crippen LogP) is 3.83. The second-order valence-electron chi connectivity index (χ2n) is 6.72. The van der Waals surface area contributed by atoms with Crippen molar-refractivity contribution in [3.8, 4) is 0 Å². The van der Waals surface area contributed by atoms with Gasteiger partial charge in [-0.25, -0.2) is 4.79 Å². The van der Waals surface area contributed by atoms with Crippen LogP contribution < -0.4 is 0 Å². The van der Waals surface area contributed by atoms with E-state index < -0.39 is 14.3 Å². The molecule has 0 aliphatic heterocycles. The van der Waals surface area contributed by atoms with Crippen LogP contribution in [0.15, 0.2) is 23.8 Å². The minimum atomic E-state index is -1.67. The molecule has 0 fully saturated rings. The van der Waals surface area contributed by atoms with E-state index in [9.17, 15) is 4.79 Å². The number of rotatable bonds is 9. The summed E-state index contributed by atoms with van der Waals surface area (Å²) >= 11 is 0. The standard InChI is InChI=1S/C17H32O4Si/c1-7-20-16(19)15(12-13-18)11-9-8-10-14-21-22(5,6)17(2,3)4/h9,11-12,18H,7-8,10,13-14H2,1-6H3/b11-9+,15-12+. The third-order valence-electron chi connectivity index (χ3n) is 3.90. The van der Waals surface area contributed by atoms with Gasteiger partial charge >= 0.3 is 5.97 Å². The average molecular weight is 329 g/mol. The SMILES string of the molecule is CCOC(=O)C(/C=C/CCCO[Si](C)(C)C(C)(C)C)=C/CO. The highest BCUT2D eigenvalue weighted by Gasteiger charge is 2.36. The van der Waals surface area contributed by atoms with Gasteiger partial charge in [0.25, 0.3) is 0 Å². The van der Waals surface area contributed by atoms with Gasteiger partial charge in [-0.05, 0) is 44.0 Å². The fourth-order valence-corrected chi connectivity index (χ4v) is 2.58. The number of esters is 1. The van der Waals surface area contributed by atoms with Crippen LogP contribution in [0.4, 0.5) is 0 Å². The van der Waals surface area contributed by atoms with E-state index in [1.807, 2.05) is 6.08 Å². The highest BCUT2D eigenvalue weighted by Crippen LogP contribution is 2.36. The van der Waals surface area contributed by atoms with Crippen molar-refractivity contribution < 1.29 is 19.1 Å². The van der Waals surface area contributed by atoms with Crippen molar-refractivity contribution in [1.82, 2.24) is 0 Å². The lowest BCUT2D eigenvalue weighted by Gasteiger charge is -2.36. The van der Waals surface area contributed by atoms with E-state index in [4.69, 9.17) is 14.3 Å². The Morgan fingerprint density at radius 1 is 1.27 bits per heavy atom. The number of carbonyl (C=O) groups is 1. The molecule has 0 unspecified atom stereocenters. The maximum absolute atomic E-state index is 11.6. The first-order chi connectivity index (χ1) is 10.2. The zero-order valence-corrected chi connectivity index (χ0v) is 15.9. The molecule has 0 bridgehead atoms. The van der Waals surface area contributed by atoms with E-state index in [0.29, 0.717) is 12.2 Å². The lowest BCUT2D eigenvalue weighted by atomic mass is 10.2. The van der Waals surface area contributed by atoms with Crippen molar-refractivity contribution in [2.45, 2.75) is 58.7 Å². The highest BCUT2D eigenvalue weighted by molar-refractivity contribution is 6.74. The monoisotopic (exact) mass is 328 g/mol. The quantitative estimate of drug-likeness (QED) is 0.230. The lowest BCUT2D eigenvalue weighted by Crippen LogP contribution is -2.40. The van der Waals surface area contributed by atoms with Crippen molar-refractivity contribution in [3.05, 3.63) is 23.8 Å². The molecule has 0 radical (unpaired) electrons. The number of unbranched alkanes of at least 4 members (excludes halogenated alkanes) is 1. The van der Waals surface area contributed by atoms with Crippen LogP contribution in [-0.2, 0) is 14.0 Å². The van der Waals surface area contributed by atoms with Gasteiger partial charge in [-0.2, -0.15) is 0 Å². The number of hydrogen-bond donors (Lipinski definition) is 1. The number of ether oxygens (including phenoxy) is 1. The molecule has 0 heterocycles. The summed E-state index contributed by atoms with van der Waals surface area (Å²) in [6, 6.07) is 0. The first-order valence-electron chi connectivity index (χ1n) is 7.94. The third-order valence-corrected chi connectivity index (χ3v) is 8.44. The van der Waals surface area contributed by atoms with E-state index in [-0.39, 0.29) is 11.6 Å². The van der Waals surface area contributed by atoms with Gasteiger partial charge in [0.15, 0.2) is 8.32 Å². The lowest BCUT2D eigenvalue weighted by molar-refractivity contribution is -0.138. The molecule has 0 aromatic carbocycles. The Labute approximate surface area is 136 Å². The molecule has 1 N–H and O–H groups in total. The molecule has 0 saturated heterocycles. The molecule has 0 aliphatic carbocycles. The molecule has 0 spiro atoms. The molecule has 0 aromatic rings. The van der Waals surface area contributed by atoms with Crippen LogP contribution in [0.2, 0.25) is 18.1 Å². The van der Waals surface area contributed by atoms with Crippen molar-refractivity contribution >= 4 is 14.3 Å². The summed E-state index contributed by atoms with van der Waals surface area (Å²) in [7, 11) is -1.67. The molecular formula is C17H32O4Si. The fraction of sp³-hybridized carbons (Fsp3) is 0.706. The minimum absolute atomic E-state index is 0.174. The summed E-state index contributed by atoms with van der Waals surface area (Å²) in [4.78, 5) is 11.6.